The summed E-state index contributed by atoms with van der Waals surface area (Å²) in [5.41, 5.74) is 7.34. The number of halogens is 1. The first kappa shape index (κ1) is 11.7. The Morgan fingerprint density at radius 2 is 2.33 bits per heavy atom. The lowest BCUT2D eigenvalue weighted by molar-refractivity contribution is -0.124. The summed E-state index contributed by atoms with van der Waals surface area (Å²) in [7, 11) is 1.72. The van der Waals surface area contributed by atoms with Crippen molar-refractivity contribution in [2.24, 2.45) is 12.8 Å². The molecule has 1 aromatic heterocycles. The van der Waals surface area contributed by atoms with E-state index in [0.29, 0.717) is 5.69 Å². The van der Waals surface area contributed by atoms with Crippen LogP contribution in [0.3, 0.4) is 0 Å². The third kappa shape index (κ3) is 3.37. The molecule has 1 aromatic rings. The standard InChI is InChI=1S/C8H10BrN3O3/c1-12-3-5(9)2-6(12)8(14)11-15-4-7(10)13/h2-3H,4H2,1H3,(H2,10,13)(H,11,14). The van der Waals surface area contributed by atoms with E-state index in [0.717, 1.165) is 4.47 Å². The molecule has 2 amide bonds. The zero-order valence-corrected chi connectivity index (χ0v) is 9.58. The van der Waals surface area contributed by atoms with Crippen LogP contribution in [0.15, 0.2) is 16.7 Å². The van der Waals surface area contributed by atoms with Gasteiger partial charge in [-0.1, -0.05) is 0 Å². The number of primary amides is 1. The van der Waals surface area contributed by atoms with E-state index in [1.54, 1.807) is 23.9 Å². The molecule has 0 fully saturated rings. The number of amides is 2. The maximum Gasteiger partial charge on any atom is 0.291 e. The summed E-state index contributed by atoms with van der Waals surface area (Å²) in [5, 5.41) is 0. The summed E-state index contributed by atoms with van der Waals surface area (Å²) < 4.78 is 2.40. The van der Waals surface area contributed by atoms with Crippen LogP contribution in [-0.2, 0) is 16.7 Å². The van der Waals surface area contributed by atoms with Crippen molar-refractivity contribution in [3.05, 3.63) is 22.4 Å². The Balaban J connectivity index is 2.54. The van der Waals surface area contributed by atoms with Crippen LogP contribution in [0.25, 0.3) is 0 Å². The molecule has 0 radical (unpaired) electrons. The summed E-state index contributed by atoms with van der Waals surface area (Å²) in [6.45, 7) is -0.350. The number of aromatic nitrogens is 1. The maximum absolute atomic E-state index is 11.4. The van der Waals surface area contributed by atoms with Crippen molar-refractivity contribution >= 4 is 27.7 Å². The van der Waals surface area contributed by atoms with Gasteiger partial charge in [-0.05, 0) is 22.0 Å². The van der Waals surface area contributed by atoms with Crippen molar-refractivity contribution in [3.8, 4) is 0 Å². The topological polar surface area (TPSA) is 86.3 Å². The summed E-state index contributed by atoms with van der Waals surface area (Å²) >= 11 is 3.23. The highest BCUT2D eigenvalue weighted by atomic mass is 79.9. The molecule has 0 aliphatic heterocycles. The van der Waals surface area contributed by atoms with Crippen molar-refractivity contribution < 1.29 is 14.4 Å². The molecule has 1 heterocycles. The fraction of sp³-hybridized carbons (Fsp3) is 0.250. The third-order valence-corrected chi connectivity index (χ3v) is 2.02. The third-order valence-electron chi connectivity index (χ3n) is 1.58. The van der Waals surface area contributed by atoms with Crippen LogP contribution in [0.1, 0.15) is 10.5 Å². The predicted octanol–water partition coefficient (Wildman–Crippen LogP) is -0.0657. The minimum absolute atomic E-state index is 0.350. The number of nitrogens with two attached hydrogens (primary N) is 1. The molecule has 15 heavy (non-hydrogen) atoms. The zero-order chi connectivity index (χ0) is 11.4. The first-order chi connectivity index (χ1) is 7.00. The second kappa shape index (κ2) is 4.94. The number of carbonyl (C=O) groups excluding carboxylic acids is 2. The Labute approximate surface area is 94.5 Å². The molecule has 1 rings (SSSR count). The highest BCUT2D eigenvalue weighted by molar-refractivity contribution is 9.10. The van der Waals surface area contributed by atoms with Crippen LogP contribution in [0, 0.1) is 0 Å². The van der Waals surface area contributed by atoms with E-state index in [9.17, 15) is 9.59 Å². The summed E-state index contributed by atoms with van der Waals surface area (Å²) in [6.07, 6.45) is 1.73. The summed E-state index contributed by atoms with van der Waals surface area (Å²) in [4.78, 5) is 26.3. The Bertz CT molecular complexity index is 388. The molecular formula is C8H10BrN3O3. The molecular weight excluding hydrogens is 266 g/mol. The molecule has 0 aliphatic rings. The van der Waals surface area contributed by atoms with Crippen LogP contribution in [-0.4, -0.2) is 23.0 Å². The lowest BCUT2D eigenvalue weighted by Gasteiger charge is -2.04. The molecule has 0 atom stereocenters. The van der Waals surface area contributed by atoms with Crippen molar-refractivity contribution in [3.63, 3.8) is 0 Å². The molecule has 82 valence electrons. The summed E-state index contributed by atoms with van der Waals surface area (Å²) in [5.74, 6) is -1.09. The second-order valence-electron chi connectivity index (χ2n) is 2.84. The zero-order valence-electron chi connectivity index (χ0n) is 7.99. The minimum Gasteiger partial charge on any atom is -0.368 e. The van der Waals surface area contributed by atoms with Crippen LogP contribution in [0.4, 0.5) is 0 Å². The van der Waals surface area contributed by atoms with Crippen molar-refractivity contribution in [1.82, 2.24) is 10.0 Å². The van der Waals surface area contributed by atoms with Gasteiger partial charge in [0, 0.05) is 17.7 Å². The number of hydroxylamine groups is 1. The Morgan fingerprint density at radius 3 is 2.80 bits per heavy atom. The van der Waals surface area contributed by atoms with E-state index in [1.165, 1.54) is 0 Å². The van der Waals surface area contributed by atoms with Crippen LogP contribution >= 0.6 is 15.9 Å². The largest absolute Gasteiger partial charge is 0.368 e. The van der Waals surface area contributed by atoms with Gasteiger partial charge >= 0.3 is 0 Å². The van der Waals surface area contributed by atoms with Crippen molar-refractivity contribution in [1.29, 1.82) is 0 Å². The maximum atomic E-state index is 11.4. The highest BCUT2D eigenvalue weighted by Crippen LogP contribution is 2.13. The van der Waals surface area contributed by atoms with Crippen LogP contribution in [0.5, 0.6) is 0 Å². The molecule has 0 aliphatic carbocycles. The van der Waals surface area contributed by atoms with Gasteiger partial charge in [0.05, 0.1) is 0 Å². The average Bonchev–Trinajstić information content (AvgIpc) is 2.44. The smallest absolute Gasteiger partial charge is 0.291 e. The lowest BCUT2D eigenvalue weighted by Crippen LogP contribution is -2.30. The van der Waals surface area contributed by atoms with Gasteiger partial charge in [0.25, 0.3) is 5.91 Å². The number of hydrogen-bond acceptors (Lipinski definition) is 3. The van der Waals surface area contributed by atoms with Gasteiger partial charge in [-0.15, -0.1) is 0 Å². The van der Waals surface area contributed by atoms with Gasteiger partial charge in [-0.25, -0.2) is 5.48 Å². The van der Waals surface area contributed by atoms with E-state index in [1.807, 2.05) is 0 Å². The average molecular weight is 276 g/mol. The molecule has 0 aromatic carbocycles. The van der Waals surface area contributed by atoms with Crippen LogP contribution in [0.2, 0.25) is 0 Å². The number of carbonyl (C=O) groups is 2. The summed E-state index contributed by atoms with van der Waals surface area (Å²) in [6, 6.07) is 1.63. The molecule has 0 unspecified atom stereocenters. The van der Waals surface area contributed by atoms with Crippen LogP contribution < -0.4 is 11.2 Å². The number of aryl methyl sites for hydroxylation is 1. The molecule has 6 nitrogen and oxygen atoms in total. The molecule has 0 saturated carbocycles. The molecule has 0 bridgehead atoms. The van der Waals surface area contributed by atoms with E-state index in [2.05, 4.69) is 26.2 Å². The normalized spacial score (nSPS) is 10.0. The van der Waals surface area contributed by atoms with Crippen molar-refractivity contribution in [2.45, 2.75) is 0 Å². The molecule has 0 spiro atoms. The predicted molar refractivity (Wildman–Crippen MR) is 55.7 cm³/mol. The van der Waals surface area contributed by atoms with Gasteiger partial charge in [0.15, 0.2) is 6.61 Å². The quantitative estimate of drug-likeness (QED) is 0.755. The van der Waals surface area contributed by atoms with E-state index in [-0.39, 0.29) is 6.61 Å². The first-order valence-electron chi connectivity index (χ1n) is 4.03. The van der Waals surface area contributed by atoms with Gasteiger partial charge < -0.3 is 10.3 Å². The number of nitrogens with zero attached hydrogens (tertiary/aromatic N) is 1. The number of nitrogens with one attached hydrogen (secondary N) is 1. The van der Waals surface area contributed by atoms with E-state index >= 15 is 0 Å². The number of hydrogen-bond donors (Lipinski definition) is 2. The monoisotopic (exact) mass is 275 g/mol. The Kier molecular flexibility index (Phi) is 3.87. The Hall–Kier alpha value is -1.34. The van der Waals surface area contributed by atoms with E-state index in [4.69, 9.17) is 5.73 Å². The first-order valence-corrected chi connectivity index (χ1v) is 4.82. The fourth-order valence-corrected chi connectivity index (χ4v) is 1.50. The second-order valence-corrected chi connectivity index (χ2v) is 3.76. The number of rotatable bonds is 4. The molecule has 7 heteroatoms. The van der Waals surface area contributed by atoms with Gasteiger partial charge in [0.1, 0.15) is 5.69 Å². The van der Waals surface area contributed by atoms with Gasteiger partial charge in [-0.3, -0.25) is 14.4 Å². The molecule has 3 N–H and O–H groups in total. The fourth-order valence-electron chi connectivity index (χ4n) is 0.975. The molecule has 0 saturated heterocycles. The Morgan fingerprint density at radius 1 is 1.67 bits per heavy atom. The van der Waals surface area contributed by atoms with Crippen molar-refractivity contribution in [2.75, 3.05) is 6.61 Å². The highest BCUT2D eigenvalue weighted by Gasteiger charge is 2.10. The lowest BCUT2D eigenvalue weighted by atomic mass is 10.4. The van der Waals surface area contributed by atoms with E-state index < -0.39 is 11.8 Å². The van der Waals surface area contributed by atoms with Gasteiger partial charge in [0.2, 0.25) is 5.91 Å². The SMILES string of the molecule is Cn1cc(Br)cc1C(=O)NOCC(N)=O. The van der Waals surface area contributed by atoms with Gasteiger partial charge in [-0.2, -0.15) is 0 Å². The minimum atomic E-state index is -0.650.